The molecule has 2 heterocycles. The number of piperidine rings is 1. The molecule has 162 valence electrons. The molecular weight excluding hydrogens is 422 g/mol. The van der Waals surface area contributed by atoms with Crippen LogP contribution in [0.25, 0.3) is 0 Å². The summed E-state index contributed by atoms with van der Waals surface area (Å²) in [6, 6.07) is 7.55. The fourth-order valence-electron chi connectivity index (χ4n) is 3.51. The summed E-state index contributed by atoms with van der Waals surface area (Å²) in [5.74, 6) is -0.256. The van der Waals surface area contributed by atoms with E-state index in [2.05, 4.69) is 32.7 Å². The van der Waals surface area contributed by atoms with Crippen LogP contribution in [0, 0.1) is 0 Å². The Balaban J connectivity index is 1.34. The summed E-state index contributed by atoms with van der Waals surface area (Å²) in [7, 11) is 0. The lowest BCUT2D eigenvalue weighted by atomic mass is 10.0. The van der Waals surface area contributed by atoms with Gasteiger partial charge in [-0.15, -0.1) is 10.2 Å². The molecule has 30 heavy (non-hydrogen) atoms. The van der Waals surface area contributed by atoms with E-state index in [-0.39, 0.29) is 11.8 Å². The maximum atomic E-state index is 12.3. The highest BCUT2D eigenvalue weighted by atomic mass is 35.5. The molecule has 0 saturated carbocycles. The van der Waals surface area contributed by atoms with Crippen molar-refractivity contribution >= 4 is 40.4 Å². The van der Waals surface area contributed by atoms with Crippen molar-refractivity contribution in [1.29, 1.82) is 0 Å². The third-order valence-electron chi connectivity index (χ3n) is 5.20. The Morgan fingerprint density at radius 1 is 1.30 bits per heavy atom. The molecule has 1 aliphatic rings. The van der Waals surface area contributed by atoms with Crippen molar-refractivity contribution in [3.8, 4) is 0 Å². The van der Waals surface area contributed by atoms with Gasteiger partial charge in [0.15, 0.2) is 0 Å². The number of halogens is 1. The number of rotatable bonds is 9. The Labute approximate surface area is 186 Å². The number of carbonyl (C=O) groups is 2. The summed E-state index contributed by atoms with van der Waals surface area (Å²) in [5, 5.41) is 15.4. The predicted molar refractivity (Wildman–Crippen MR) is 120 cm³/mol. The zero-order valence-electron chi connectivity index (χ0n) is 17.2. The molecule has 0 bridgehead atoms. The molecular formula is C21H28ClN5O2S. The van der Waals surface area contributed by atoms with E-state index in [0.29, 0.717) is 47.6 Å². The highest BCUT2D eigenvalue weighted by Crippen LogP contribution is 2.18. The third-order valence-corrected chi connectivity index (χ3v) is 6.42. The minimum absolute atomic E-state index is 0.0584. The van der Waals surface area contributed by atoms with Gasteiger partial charge in [-0.05, 0) is 50.9 Å². The minimum atomic E-state index is -0.314. The number of nitrogens with zero attached hydrogens (tertiary/aromatic N) is 3. The SMILES string of the molecule is C[C@H]1CCCCN1CCNC(=O)CCCc1nnc(C(=O)Nc2cccc(Cl)c2)s1. The normalized spacial score (nSPS) is 16.9. The van der Waals surface area contributed by atoms with Gasteiger partial charge in [0, 0.05) is 42.7 Å². The van der Waals surface area contributed by atoms with E-state index in [1.54, 1.807) is 24.3 Å². The average molecular weight is 450 g/mol. The summed E-state index contributed by atoms with van der Waals surface area (Å²) in [6.07, 6.45) is 5.54. The number of anilines is 1. The molecule has 2 N–H and O–H groups in total. The molecule has 0 unspecified atom stereocenters. The number of carbonyl (C=O) groups excluding carboxylic acids is 2. The summed E-state index contributed by atoms with van der Waals surface area (Å²) < 4.78 is 0. The Hall–Kier alpha value is -2.03. The third kappa shape index (κ3) is 7.04. The summed E-state index contributed by atoms with van der Waals surface area (Å²) >= 11 is 7.17. The van der Waals surface area contributed by atoms with E-state index in [1.807, 2.05) is 0 Å². The fourth-order valence-corrected chi connectivity index (χ4v) is 4.48. The van der Waals surface area contributed by atoms with Gasteiger partial charge < -0.3 is 10.6 Å². The molecule has 1 fully saturated rings. The van der Waals surface area contributed by atoms with Crippen molar-refractivity contribution in [2.75, 3.05) is 25.0 Å². The molecule has 2 aromatic rings. The van der Waals surface area contributed by atoms with Gasteiger partial charge in [0.25, 0.3) is 5.91 Å². The van der Waals surface area contributed by atoms with Crippen LogP contribution in [-0.2, 0) is 11.2 Å². The van der Waals surface area contributed by atoms with Gasteiger partial charge in [0.05, 0.1) is 0 Å². The first-order chi connectivity index (χ1) is 14.5. The highest BCUT2D eigenvalue weighted by molar-refractivity contribution is 7.13. The number of benzene rings is 1. The monoisotopic (exact) mass is 449 g/mol. The van der Waals surface area contributed by atoms with Gasteiger partial charge in [0.1, 0.15) is 5.01 Å². The molecule has 1 atom stereocenters. The van der Waals surface area contributed by atoms with Crippen LogP contribution in [0.1, 0.15) is 53.8 Å². The van der Waals surface area contributed by atoms with Crippen molar-refractivity contribution in [1.82, 2.24) is 20.4 Å². The summed E-state index contributed by atoms with van der Waals surface area (Å²) in [4.78, 5) is 26.8. The molecule has 1 aromatic carbocycles. The lowest BCUT2D eigenvalue weighted by molar-refractivity contribution is -0.121. The van der Waals surface area contributed by atoms with E-state index < -0.39 is 0 Å². The second kappa shape index (κ2) is 11.4. The van der Waals surface area contributed by atoms with Gasteiger partial charge in [0.2, 0.25) is 10.9 Å². The molecule has 1 saturated heterocycles. The first-order valence-electron chi connectivity index (χ1n) is 10.4. The average Bonchev–Trinajstić information content (AvgIpc) is 3.19. The quantitative estimate of drug-likeness (QED) is 0.608. The van der Waals surface area contributed by atoms with Gasteiger partial charge in [-0.2, -0.15) is 0 Å². The number of hydrogen-bond acceptors (Lipinski definition) is 6. The van der Waals surface area contributed by atoms with Crippen LogP contribution in [0.5, 0.6) is 0 Å². The maximum Gasteiger partial charge on any atom is 0.286 e. The standard InChI is InChI=1S/C21H28ClN5O2S/c1-15-6-2-3-12-27(15)13-11-23-18(28)9-5-10-19-25-26-21(30-19)20(29)24-17-8-4-7-16(22)14-17/h4,7-8,14-15H,2-3,5-6,9-13H2,1H3,(H,23,28)(H,24,29)/t15-/m0/s1. The summed E-state index contributed by atoms with van der Waals surface area (Å²) in [6.45, 7) is 4.98. The van der Waals surface area contributed by atoms with Crippen LogP contribution in [0.4, 0.5) is 5.69 Å². The first kappa shape index (κ1) is 22.7. The van der Waals surface area contributed by atoms with Crippen LogP contribution in [-0.4, -0.2) is 52.6 Å². The van der Waals surface area contributed by atoms with E-state index in [0.717, 1.165) is 18.1 Å². The fraction of sp³-hybridized carbons (Fsp3) is 0.524. The van der Waals surface area contributed by atoms with Gasteiger partial charge in [-0.3, -0.25) is 14.5 Å². The minimum Gasteiger partial charge on any atom is -0.355 e. The van der Waals surface area contributed by atoms with E-state index in [1.165, 1.54) is 30.6 Å². The van der Waals surface area contributed by atoms with Crippen molar-refractivity contribution in [3.05, 3.63) is 39.3 Å². The lowest BCUT2D eigenvalue weighted by Crippen LogP contribution is -2.42. The number of aryl methyl sites for hydroxylation is 1. The lowest BCUT2D eigenvalue weighted by Gasteiger charge is -2.33. The van der Waals surface area contributed by atoms with Gasteiger partial charge in [-0.1, -0.05) is 35.4 Å². The van der Waals surface area contributed by atoms with Gasteiger partial charge >= 0.3 is 0 Å². The van der Waals surface area contributed by atoms with Crippen molar-refractivity contribution in [2.24, 2.45) is 0 Å². The zero-order valence-corrected chi connectivity index (χ0v) is 18.8. The van der Waals surface area contributed by atoms with Crippen LogP contribution in [0.2, 0.25) is 5.02 Å². The van der Waals surface area contributed by atoms with Crippen LogP contribution in [0.15, 0.2) is 24.3 Å². The van der Waals surface area contributed by atoms with E-state index in [4.69, 9.17) is 11.6 Å². The van der Waals surface area contributed by atoms with Crippen molar-refractivity contribution in [3.63, 3.8) is 0 Å². The topological polar surface area (TPSA) is 87.2 Å². The number of nitrogens with one attached hydrogen (secondary N) is 2. The Morgan fingerprint density at radius 2 is 2.17 bits per heavy atom. The smallest absolute Gasteiger partial charge is 0.286 e. The molecule has 1 aromatic heterocycles. The Bertz CT molecular complexity index is 859. The number of likely N-dealkylation sites (tertiary alicyclic amines) is 1. The number of hydrogen-bond donors (Lipinski definition) is 2. The van der Waals surface area contributed by atoms with E-state index >= 15 is 0 Å². The number of aromatic nitrogens is 2. The number of amides is 2. The largest absolute Gasteiger partial charge is 0.355 e. The predicted octanol–water partition coefficient (Wildman–Crippen LogP) is 3.76. The molecule has 0 radical (unpaired) electrons. The van der Waals surface area contributed by atoms with Crippen molar-refractivity contribution in [2.45, 2.75) is 51.5 Å². The zero-order chi connectivity index (χ0) is 21.3. The van der Waals surface area contributed by atoms with E-state index in [9.17, 15) is 9.59 Å². The molecule has 3 rings (SSSR count). The molecule has 7 nitrogen and oxygen atoms in total. The second-order valence-corrected chi connectivity index (χ2v) is 9.05. The van der Waals surface area contributed by atoms with Crippen molar-refractivity contribution < 1.29 is 9.59 Å². The first-order valence-corrected chi connectivity index (χ1v) is 11.6. The maximum absolute atomic E-state index is 12.3. The second-order valence-electron chi connectivity index (χ2n) is 7.55. The summed E-state index contributed by atoms with van der Waals surface area (Å²) in [5.41, 5.74) is 0.611. The van der Waals surface area contributed by atoms with Crippen LogP contribution in [0.3, 0.4) is 0 Å². The molecule has 2 amide bonds. The molecule has 9 heteroatoms. The van der Waals surface area contributed by atoms with Crippen LogP contribution < -0.4 is 10.6 Å². The van der Waals surface area contributed by atoms with Gasteiger partial charge in [-0.25, -0.2) is 0 Å². The molecule has 0 spiro atoms. The van der Waals surface area contributed by atoms with Crippen LogP contribution >= 0.6 is 22.9 Å². The Kier molecular flexibility index (Phi) is 8.60. The molecule has 0 aliphatic carbocycles. The Morgan fingerprint density at radius 3 is 2.97 bits per heavy atom. The molecule has 1 aliphatic heterocycles. The highest BCUT2D eigenvalue weighted by Gasteiger charge is 2.17.